The molecule has 1 fully saturated rings. The molecule has 4 rings (SSSR count). The quantitative estimate of drug-likeness (QED) is 0.601. The van der Waals surface area contributed by atoms with Crippen LogP contribution >= 0.6 is 0 Å². The molecule has 1 saturated carbocycles. The molecule has 0 radical (unpaired) electrons. The first-order chi connectivity index (χ1) is 11.4. The summed E-state index contributed by atoms with van der Waals surface area (Å²) in [5.74, 6) is 2.29. The summed E-state index contributed by atoms with van der Waals surface area (Å²) in [6.07, 6.45) is 1.26. The Morgan fingerprint density at radius 3 is 1.87 bits per heavy atom. The van der Waals surface area contributed by atoms with Crippen LogP contribution < -0.4 is 4.74 Å². The van der Waals surface area contributed by atoms with Crippen molar-refractivity contribution in [3.8, 4) is 5.75 Å². The number of hydrogen-bond donors (Lipinski definition) is 0. The first-order valence-electron chi connectivity index (χ1n) is 8.22. The van der Waals surface area contributed by atoms with E-state index in [9.17, 15) is 0 Å². The van der Waals surface area contributed by atoms with E-state index in [2.05, 4.69) is 66.7 Å². The minimum Gasteiger partial charge on any atom is -0.489 e. The molecule has 0 aromatic heterocycles. The summed E-state index contributed by atoms with van der Waals surface area (Å²) in [4.78, 5) is 0. The van der Waals surface area contributed by atoms with Crippen LogP contribution in [0, 0.1) is 0 Å². The highest BCUT2D eigenvalue weighted by molar-refractivity contribution is 5.38. The SMILES string of the molecule is c1ccc(COc2ccc(C3CC3c3ccccc3)cc2)cc1. The predicted molar refractivity (Wildman–Crippen MR) is 93.8 cm³/mol. The zero-order valence-corrected chi connectivity index (χ0v) is 13.1. The molecular weight excluding hydrogens is 280 g/mol. The van der Waals surface area contributed by atoms with Crippen LogP contribution in [0.15, 0.2) is 84.9 Å². The fourth-order valence-corrected chi connectivity index (χ4v) is 3.18. The minimum atomic E-state index is 0.621. The molecule has 0 spiro atoms. The van der Waals surface area contributed by atoms with E-state index >= 15 is 0 Å². The predicted octanol–water partition coefficient (Wildman–Crippen LogP) is 5.54. The lowest BCUT2D eigenvalue weighted by molar-refractivity contribution is 0.306. The van der Waals surface area contributed by atoms with Gasteiger partial charge in [0.1, 0.15) is 12.4 Å². The van der Waals surface area contributed by atoms with Gasteiger partial charge in [-0.25, -0.2) is 0 Å². The van der Waals surface area contributed by atoms with Gasteiger partial charge in [-0.2, -0.15) is 0 Å². The van der Waals surface area contributed by atoms with Crippen molar-refractivity contribution in [1.82, 2.24) is 0 Å². The van der Waals surface area contributed by atoms with E-state index in [1.54, 1.807) is 0 Å². The third-order valence-corrected chi connectivity index (χ3v) is 4.57. The van der Waals surface area contributed by atoms with Gasteiger partial charge in [0, 0.05) is 0 Å². The van der Waals surface area contributed by atoms with Crippen molar-refractivity contribution in [2.75, 3.05) is 0 Å². The molecule has 114 valence electrons. The molecular formula is C22H20O. The Morgan fingerprint density at radius 2 is 1.22 bits per heavy atom. The smallest absolute Gasteiger partial charge is 0.119 e. The molecule has 1 aliphatic rings. The van der Waals surface area contributed by atoms with E-state index in [0.29, 0.717) is 18.4 Å². The molecule has 0 heterocycles. The zero-order valence-electron chi connectivity index (χ0n) is 13.1. The average Bonchev–Trinajstić information content (AvgIpc) is 3.43. The van der Waals surface area contributed by atoms with Crippen molar-refractivity contribution >= 4 is 0 Å². The van der Waals surface area contributed by atoms with Crippen LogP contribution in [-0.2, 0) is 6.61 Å². The Labute approximate surface area is 137 Å². The lowest BCUT2D eigenvalue weighted by Crippen LogP contribution is -1.95. The van der Waals surface area contributed by atoms with Gasteiger partial charge < -0.3 is 4.74 Å². The average molecular weight is 300 g/mol. The Bertz CT molecular complexity index is 747. The van der Waals surface area contributed by atoms with Gasteiger partial charge in [-0.3, -0.25) is 0 Å². The highest BCUT2D eigenvalue weighted by atomic mass is 16.5. The fraction of sp³-hybridized carbons (Fsp3) is 0.182. The second-order valence-electron chi connectivity index (χ2n) is 6.20. The van der Waals surface area contributed by atoms with Crippen LogP contribution in [-0.4, -0.2) is 0 Å². The first kappa shape index (κ1) is 14.1. The van der Waals surface area contributed by atoms with E-state index in [-0.39, 0.29) is 0 Å². The van der Waals surface area contributed by atoms with Crippen molar-refractivity contribution in [1.29, 1.82) is 0 Å². The highest BCUT2D eigenvalue weighted by Gasteiger charge is 2.39. The number of rotatable bonds is 5. The maximum absolute atomic E-state index is 5.86. The number of benzene rings is 3. The molecule has 0 bridgehead atoms. The Kier molecular flexibility index (Phi) is 3.85. The van der Waals surface area contributed by atoms with E-state index in [0.717, 1.165) is 5.75 Å². The molecule has 1 nitrogen and oxygen atoms in total. The lowest BCUT2D eigenvalue weighted by Gasteiger charge is -2.07. The molecule has 3 aromatic rings. The summed E-state index contributed by atoms with van der Waals surface area (Å²) in [7, 11) is 0. The number of hydrogen-bond acceptors (Lipinski definition) is 1. The number of ether oxygens (including phenoxy) is 1. The topological polar surface area (TPSA) is 9.23 Å². The van der Waals surface area contributed by atoms with Crippen LogP contribution in [0.3, 0.4) is 0 Å². The monoisotopic (exact) mass is 300 g/mol. The normalized spacial score (nSPS) is 19.3. The highest BCUT2D eigenvalue weighted by Crippen LogP contribution is 2.54. The van der Waals surface area contributed by atoms with Gasteiger partial charge in [-0.05, 0) is 47.1 Å². The maximum Gasteiger partial charge on any atom is 0.119 e. The van der Waals surface area contributed by atoms with Crippen molar-refractivity contribution < 1.29 is 4.74 Å². The van der Waals surface area contributed by atoms with Gasteiger partial charge in [-0.15, -0.1) is 0 Å². The Hall–Kier alpha value is -2.54. The van der Waals surface area contributed by atoms with E-state index in [4.69, 9.17) is 4.74 Å². The summed E-state index contributed by atoms with van der Waals surface area (Å²) in [5, 5.41) is 0. The van der Waals surface area contributed by atoms with Crippen LogP contribution in [0.25, 0.3) is 0 Å². The van der Waals surface area contributed by atoms with Crippen LogP contribution in [0.4, 0.5) is 0 Å². The van der Waals surface area contributed by atoms with Gasteiger partial charge in [0.05, 0.1) is 0 Å². The summed E-state index contributed by atoms with van der Waals surface area (Å²) in [6.45, 7) is 0.621. The fourth-order valence-electron chi connectivity index (χ4n) is 3.18. The molecule has 2 unspecified atom stereocenters. The molecule has 1 aliphatic carbocycles. The van der Waals surface area contributed by atoms with Crippen LogP contribution in [0.2, 0.25) is 0 Å². The Balaban J connectivity index is 1.37. The van der Waals surface area contributed by atoms with Crippen molar-refractivity contribution in [2.45, 2.75) is 24.9 Å². The van der Waals surface area contributed by atoms with Gasteiger partial charge in [0.2, 0.25) is 0 Å². The molecule has 0 amide bonds. The second-order valence-corrected chi connectivity index (χ2v) is 6.20. The van der Waals surface area contributed by atoms with E-state index in [1.165, 1.54) is 23.1 Å². The summed E-state index contributed by atoms with van der Waals surface area (Å²) in [6, 6.07) is 29.7. The van der Waals surface area contributed by atoms with Gasteiger partial charge in [-0.1, -0.05) is 72.8 Å². The van der Waals surface area contributed by atoms with Gasteiger partial charge >= 0.3 is 0 Å². The molecule has 1 heteroatoms. The van der Waals surface area contributed by atoms with E-state index in [1.807, 2.05) is 18.2 Å². The molecule has 23 heavy (non-hydrogen) atoms. The molecule has 3 aromatic carbocycles. The largest absolute Gasteiger partial charge is 0.489 e. The van der Waals surface area contributed by atoms with Crippen LogP contribution in [0.1, 0.15) is 34.9 Å². The summed E-state index contributed by atoms with van der Waals surface area (Å²) >= 11 is 0. The maximum atomic E-state index is 5.86. The summed E-state index contributed by atoms with van der Waals surface area (Å²) < 4.78 is 5.86. The van der Waals surface area contributed by atoms with Gasteiger partial charge in [0.25, 0.3) is 0 Å². The lowest BCUT2D eigenvalue weighted by atomic mass is 10.0. The molecule has 2 atom stereocenters. The Morgan fingerprint density at radius 1 is 0.652 bits per heavy atom. The second kappa shape index (κ2) is 6.29. The zero-order chi connectivity index (χ0) is 15.5. The molecule has 0 aliphatic heterocycles. The summed E-state index contributed by atoms with van der Waals surface area (Å²) in [5.41, 5.74) is 4.08. The third kappa shape index (κ3) is 3.29. The standard InChI is InChI=1S/C22H20O/c1-3-7-17(8-4-1)16-23-20-13-11-19(12-14-20)22-15-21(22)18-9-5-2-6-10-18/h1-14,21-22H,15-16H2. The third-order valence-electron chi connectivity index (χ3n) is 4.57. The molecule has 0 saturated heterocycles. The van der Waals surface area contributed by atoms with E-state index < -0.39 is 0 Å². The van der Waals surface area contributed by atoms with Crippen LogP contribution in [0.5, 0.6) is 5.75 Å². The molecule has 0 N–H and O–H groups in total. The first-order valence-corrected chi connectivity index (χ1v) is 8.22. The van der Waals surface area contributed by atoms with Gasteiger partial charge in [0.15, 0.2) is 0 Å². The minimum absolute atomic E-state index is 0.621. The van der Waals surface area contributed by atoms with Crippen molar-refractivity contribution in [3.63, 3.8) is 0 Å². The van der Waals surface area contributed by atoms with Crippen molar-refractivity contribution in [2.24, 2.45) is 0 Å². The van der Waals surface area contributed by atoms with Crippen molar-refractivity contribution in [3.05, 3.63) is 102 Å².